The van der Waals surface area contributed by atoms with Gasteiger partial charge in [0, 0.05) is 0 Å². The van der Waals surface area contributed by atoms with E-state index in [1.54, 1.807) is 6.92 Å². The molecule has 3 aliphatic heterocycles. The topological polar surface area (TPSA) is 55.8 Å². The van der Waals surface area contributed by atoms with Crippen LogP contribution in [0.25, 0.3) is 0 Å². The Morgan fingerprint density at radius 2 is 2.42 bits per heavy atom. The summed E-state index contributed by atoms with van der Waals surface area (Å²) in [7, 11) is 0. The molecule has 66 valence electrons. The standard InChI is InChI=1S/C8H10O4/c1-8(10)4-2-3-5(11-4)6(8)12-7(3)9/h3-6,10H,2H2,1H3. The summed E-state index contributed by atoms with van der Waals surface area (Å²) in [6.07, 6.45) is -0.192. The zero-order valence-corrected chi connectivity index (χ0v) is 6.69. The molecule has 0 aromatic carbocycles. The molecule has 2 bridgehead atoms. The van der Waals surface area contributed by atoms with Crippen molar-refractivity contribution in [2.45, 2.75) is 37.3 Å². The van der Waals surface area contributed by atoms with Crippen LogP contribution >= 0.6 is 0 Å². The van der Waals surface area contributed by atoms with Crippen LogP contribution in [0.4, 0.5) is 0 Å². The van der Waals surface area contributed by atoms with Crippen LogP contribution in [-0.2, 0) is 14.3 Å². The number of aliphatic hydroxyl groups is 1. The molecule has 3 heterocycles. The van der Waals surface area contributed by atoms with Crippen molar-refractivity contribution in [3.63, 3.8) is 0 Å². The van der Waals surface area contributed by atoms with E-state index in [4.69, 9.17) is 9.47 Å². The molecular formula is C8H10O4. The van der Waals surface area contributed by atoms with Gasteiger partial charge in [-0.2, -0.15) is 0 Å². The maximum absolute atomic E-state index is 11.2. The summed E-state index contributed by atoms with van der Waals surface area (Å²) in [5.74, 6) is -0.314. The molecule has 5 atom stereocenters. The van der Waals surface area contributed by atoms with Crippen molar-refractivity contribution >= 4 is 5.97 Å². The Morgan fingerprint density at radius 3 is 3.00 bits per heavy atom. The lowest BCUT2D eigenvalue weighted by Gasteiger charge is -2.27. The fourth-order valence-corrected chi connectivity index (χ4v) is 2.51. The second kappa shape index (κ2) is 1.67. The number of rotatable bonds is 0. The minimum atomic E-state index is -0.965. The minimum Gasteiger partial charge on any atom is -0.456 e. The smallest absolute Gasteiger partial charge is 0.312 e. The highest BCUT2D eigenvalue weighted by molar-refractivity contribution is 5.77. The second-order valence-electron chi connectivity index (χ2n) is 4.01. The number of carbonyl (C=O) groups excluding carboxylic acids is 1. The van der Waals surface area contributed by atoms with E-state index in [-0.39, 0.29) is 24.1 Å². The van der Waals surface area contributed by atoms with Crippen LogP contribution in [0, 0.1) is 5.92 Å². The van der Waals surface area contributed by atoms with E-state index in [9.17, 15) is 9.90 Å². The quantitative estimate of drug-likeness (QED) is 0.495. The first-order chi connectivity index (χ1) is 5.60. The third-order valence-electron chi connectivity index (χ3n) is 3.26. The van der Waals surface area contributed by atoms with Crippen molar-refractivity contribution in [1.29, 1.82) is 0 Å². The lowest BCUT2D eigenvalue weighted by molar-refractivity contribution is -0.149. The molecule has 0 aromatic rings. The number of hydrogen-bond donors (Lipinski definition) is 1. The Labute approximate surface area is 69.5 Å². The fraction of sp³-hybridized carbons (Fsp3) is 0.875. The number of fused-ring (bicyclic) bond motifs is 1. The van der Waals surface area contributed by atoms with E-state index >= 15 is 0 Å². The minimum absolute atomic E-state index is 0.111. The van der Waals surface area contributed by atoms with E-state index in [1.807, 2.05) is 0 Å². The predicted molar refractivity (Wildman–Crippen MR) is 37.3 cm³/mol. The van der Waals surface area contributed by atoms with Crippen LogP contribution < -0.4 is 0 Å². The van der Waals surface area contributed by atoms with Gasteiger partial charge in [0.15, 0.2) is 6.10 Å². The highest BCUT2D eigenvalue weighted by Gasteiger charge is 2.68. The molecule has 3 aliphatic rings. The van der Waals surface area contributed by atoms with Crippen molar-refractivity contribution < 1.29 is 19.4 Å². The lowest BCUT2D eigenvalue weighted by Crippen LogP contribution is -2.47. The molecule has 3 fully saturated rings. The molecule has 0 spiro atoms. The molecule has 0 radical (unpaired) electrons. The Hall–Kier alpha value is -0.610. The molecule has 3 rings (SSSR count). The van der Waals surface area contributed by atoms with Gasteiger partial charge in [-0.3, -0.25) is 4.79 Å². The van der Waals surface area contributed by atoms with Gasteiger partial charge in [0.2, 0.25) is 0 Å². The molecule has 0 saturated carbocycles. The van der Waals surface area contributed by atoms with Gasteiger partial charge in [-0.05, 0) is 13.3 Å². The molecule has 4 nitrogen and oxygen atoms in total. The molecule has 12 heavy (non-hydrogen) atoms. The van der Waals surface area contributed by atoms with Crippen LogP contribution in [0.15, 0.2) is 0 Å². The van der Waals surface area contributed by atoms with Crippen LogP contribution in [0.2, 0.25) is 0 Å². The number of ether oxygens (including phenoxy) is 2. The molecule has 0 aliphatic carbocycles. The van der Waals surface area contributed by atoms with Gasteiger partial charge >= 0.3 is 5.97 Å². The second-order valence-corrected chi connectivity index (χ2v) is 4.01. The van der Waals surface area contributed by atoms with E-state index in [0.29, 0.717) is 6.42 Å². The lowest BCUT2D eigenvalue weighted by atomic mass is 9.80. The monoisotopic (exact) mass is 170 g/mol. The third kappa shape index (κ3) is 0.528. The molecule has 5 unspecified atom stereocenters. The van der Waals surface area contributed by atoms with Crippen LogP contribution in [0.5, 0.6) is 0 Å². The van der Waals surface area contributed by atoms with Crippen molar-refractivity contribution in [3.05, 3.63) is 0 Å². The highest BCUT2D eigenvalue weighted by atomic mass is 16.6. The largest absolute Gasteiger partial charge is 0.456 e. The van der Waals surface area contributed by atoms with Gasteiger partial charge in [-0.15, -0.1) is 0 Å². The van der Waals surface area contributed by atoms with Gasteiger partial charge < -0.3 is 14.6 Å². The zero-order valence-electron chi connectivity index (χ0n) is 6.69. The van der Waals surface area contributed by atoms with Gasteiger partial charge in [0.1, 0.15) is 11.7 Å². The summed E-state index contributed by atoms with van der Waals surface area (Å²) in [5.41, 5.74) is -0.965. The number of carbonyl (C=O) groups is 1. The van der Waals surface area contributed by atoms with E-state index in [0.717, 1.165) is 0 Å². The van der Waals surface area contributed by atoms with Crippen molar-refractivity contribution in [3.8, 4) is 0 Å². The predicted octanol–water partition coefficient (Wildman–Crippen LogP) is -0.550. The van der Waals surface area contributed by atoms with Gasteiger partial charge in [0.05, 0.1) is 12.0 Å². The van der Waals surface area contributed by atoms with Gasteiger partial charge in [-0.25, -0.2) is 0 Å². The Bertz CT molecular complexity index is 260. The fourth-order valence-electron chi connectivity index (χ4n) is 2.51. The summed E-state index contributed by atoms with van der Waals surface area (Å²) in [4.78, 5) is 11.2. The summed E-state index contributed by atoms with van der Waals surface area (Å²) in [5, 5.41) is 9.89. The molecule has 0 amide bonds. The Balaban J connectivity index is 2.07. The van der Waals surface area contributed by atoms with Crippen molar-refractivity contribution in [2.24, 2.45) is 5.92 Å². The maximum atomic E-state index is 11.2. The number of esters is 1. The molecule has 4 heteroatoms. The molecular weight excluding hydrogens is 160 g/mol. The van der Waals surface area contributed by atoms with E-state index in [2.05, 4.69) is 0 Å². The highest BCUT2D eigenvalue weighted by Crippen LogP contribution is 2.51. The van der Waals surface area contributed by atoms with E-state index < -0.39 is 11.7 Å². The average molecular weight is 170 g/mol. The summed E-state index contributed by atoms with van der Waals surface area (Å²) < 4.78 is 10.5. The first-order valence-corrected chi connectivity index (χ1v) is 4.19. The summed E-state index contributed by atoms with van der Waals surface area (Å²) in [6, 6.07) is 0. The average Bonchev–Trinajstić information content (AvgIpc) is 2.53. The Morgan fingerprint density at radius 1 is 1.67 bits per heavy atom. The zero-order chi connectivity index (χ0) is 8.51. The third-order valence-corrected chi connectivity index (χ3v) is 3.26. The Kier molecular flexibility index (Phi) is 0.957. The molecule has 0 aromatic heterocycles. The van der Waals surface area contributed by atoms with Crippen molar-refractivity contribution in [2.75, 3.05) is 0 Å². The van der Waals surface area contributed by atoms with Gasteiger partial charge in [0.25, 0.3) is 0 Å². The summed E-state index contributed by atoms with van der Waals surface area (Å²) >= 11 is 0. The number of hydrogen-bond acceptors (Lipinski definition) is 4. The first-order valence-electron chi connectivity index (χ1n) is 4.19. The maximum Gasteiger partial charge on any atom is 0.312 e. The van der Waals surface area contributed by atoms with Crippen LogP contribution in [0.3, 0.4) is 0 Å². The van der Waals surface area contributed by atoms with E-state index in [1.165, 1.54) is 0 Å². The first kappa shape index (κ1) is 6.86. The summed E-state index contributed by atoms with van der Waals surface area (Å²) in [6.45, 7) is 1.68. The molecule has 1 N–H and O–H groups in total. The van der Waals surface area contributed by atoms with Crippen molar-refractivity contribution in [1.82, 2.24) is 0 Å². The van der Waals surface area contributed by atoms with Crippen LogP contribution in [-0.4, -0.2) is 35.0 Å². The normalized spacial score (nSPS) is 61.0. The van der Waals surface area contributed by atoms with Gasteiger partial charge in [-0.1, -0.05) is 0 Å². The SMILES string of the molecule is CC1(O)C2CC3C(=O)OC1C3O2. The molecule has 3 saturated heterocycles. The van der Waals surface area contributed by atoms with Crippen LogP contribution in [0.1, 0.15) is 13.3 Å².